The van der Waals surface area contributed by atoms with E-state index in [1.54, 1.807) is 0 Å². The van der Waals surface area contributed by atoms with Crippen molar-refractivity contribution in [2.45, 2.75) is 51.1 Å². The van der Waals surface area contributed by atoms with Crippen LogP contribution in [0.15, 0.2) is 12.2 Å². The van der Waals surface area contributed by atoms with E-state index >= 15 is 0 Å². The summed E-state index contributed by atoms with van der Waals surface area (Å²) in [5.74, 6) is -0.204. The molecular weight excluding hydrogens is 225 g/mol. The SMILES string of the molecule is C=C1CC2C(CC1F)OCC(=O)N2OC(C)C. The fourth-order valence-corrected chi connectivity index (χ4v) is 2.26. The maximum atomic E-state index is 13.5. The second-order valence-electron chi connectivity index (χ2n) is 4.86. The van der Waals surface area contributed by atoms with Crippen LogP contribution in [0.3, 0.4) is 0 Å². The highest BCUT2D eigenvalue weighted by molar-refractivity contribution is 5.77. The topological polar surface area (TPSA) is 38.8 Å². The van der Waals surface area contributed by atoms with E-state index < -0.39 is 6.17 Å². The fourth-order valence-electron chi connectivity index (χ4n) is 2.26. The zero-order chi connectivity index (χ0) is 12.6. The Morgan fingerprint density at radius 1 is 1.59 bits per heavy atom. The molecule has 0 spiro atoms. The highest BCUT2D eigenvalue weighted by Gasteiger charge is 2.43. The Bertz CT molecular complexity index is 332. The van der Waals surface area contributed by atoms with E-state index in [1.807, 2.05) is 13.8 Å². The Kier molecular flexibility index (Phi) is 3.49. The van der Waals surface area contributed by atoms with Crippen molar-refractivity contribution in [3.8, 4) is 0 Å². The lowest BCUT2D eigenvalue weighted by molar-refractivity contribution is -0.254. The standard InChI is InChI=1S/C12H18FNO3/c1-7(2)17-14-10-4-8(3)9(13)5-11(10)16-6-12(14)15/h7,9-11H,3-6H2,1-2H3. The molecule has 1 heterocycles. The van der Waals surface area contributed by atoms with Crippen molar-refractivity contribution >= 4 is 5.91 Å². The predicted molar refractivity (Wildman–Crippen MR) is 59.9 cm³/mol. The number of carbonyl (C=O) groups is 1. The van der Waals surface area contributed by atoms with Crippen molar-refractivity contribution in [2.75, 3.05) is 6.61 Å². The first-order valence-corrected chi connectivity index (χ1v) is 5.91. The van der Waals surface area contributed by atoms with Gasteiger partial charge in [-0.25, -0.2) is 9.45 Å². The lowest BCUT2D eigenvalue weighted by atomic mass is 9.86. The zero-order valence-electron chi connectivity index (χ0n) is 10.2. The van der Waals surface area contributed by atoms with Gasteiger partial charge in [-0.1, -0.05) is 6.58 Å². The Morgan fingerprint density at radius 3 is 2.94 bits per heavy atom. The van der Waals surface area contributed by atoms with Gasteiger partial charge in [0.2, 0.25) is 0 Å². The van der Waals surface area contributed by atoms with Crippen molar-refractivity contribution < 1.29 is 18.8 Å². The van der Waals surface area contributed by atoms with Gasteiger partial charge in [0.1, 0.15) is 12.8 Å². The lowest BCUT2D eigenvalue weighted by Crippen LogP contribution is -2.57. The van der Waals surface area contributed by atoms with E-state index in [2.05, 4.69) is 6.58 Å². The van der Waals surface area contributed by atoms with Crippen LogP contribution in [0.25, 0.3) is 0 Å². The van der Waals surface area contributed by atoms with Crippen molar-refractivity contribution in [3.05, 3.63) is 12.2 Å². The molecule has 2 aliphatic rings. The number of halogens is 1. The maximum Gasteiger partial charge on any atom is 0.272 e. The zero-order valence-corrected chi connectivity index (χ0v) is 10.2. The van der Waals surface area contributed by atoms with Gasteiger partial charge in [0.05, 0.1) is 18.2 Å². The van der Waals surface area contributed by atoms with E-state index in [4.69, 9.17) is 9.57 Å². The number of hydrogen-bond donors (Lipinski definition) is 0. The van der Waals surface area contributed by atoms with Gasteiger partial charge in [0.25, 0.3) is 5.91 Å². The predicted octanol–water partition coefficient (Wildman–Crippen LogP) is 1.61. The molecule has 4 nitrogen and oxygen atoms in total. The summed E-state index contributed by atoms with van der Waals surface area (Å²) in [4.78, 5) is 17.2. The van der Waals surface area contributed by atoms with E-state index in [0.717, 1.165) is 0 Å². The number of morpholine rings is 1. The molecule has 1 amide bonds. The number of fused-ring (bicyclic) bond motifs is 1. The first kappa shape index (κ1) is 12.5. The minimum Gasteiger partial charge on any atom is -0.366 e. The quantitative estimate of drug-likeness (QED) is 0.692. The minimum atomic E-state index is -1.04. The number of amides is 1. The lowest BCUT2D eigenvalue weighted by Gasteiger charge is -2.44. The van der Waals surface area contributed by atoms with Crippen LogP contribution in [0.4, 0.5) is 4.39 Å². The third-order valence-electron chi connectivity index (χ3n) is 3.08. The molecule has 0 aromatic heterocycles. The highest BCUT2D eigenvalue weighted by atomic mass is 19.1. The highest BCUT2D eigenvalue weighted by Crippen LogP contribution is 2.33. The number of ether oxygens (including phenoxy) is 1. The largest absolute Gasteiger partial charge is 0.366 e. The van der Waals surface area contributed by atoms with Gasteiger partial charge in [-0.15, -0.1) is 0 Å². The van der Waals surface area contributed by atoms with Crippen molar-refractivity contribution in [1.82, 2.24) is 5.06 Å². The third kappa shape index (κ3) is 2.50. The maximum absolute atomic E-state index is 13.5. The first-order chi connectivity index (χ1) is 7.99. The van der Waals surface area contributed by atoms with Crippen LogP contribution in [-0.4, -0.2) is 42.0 Å². The van der Waals surface area contributed by atoms with E-state index in [0.29, 0.717) is 12.0 Å². The molecule has 0 aromatic rings. The molecule has 1 saturated carbocycles. The molecule has 3 unspecified atom stereocenters. The summed E-state index contributed by atoms with van der Waals surface area (Å²) in [7, 11) is 0. The van der Waals surface area contributed by atoms with Gasteiger partial charge >= 0.3 is 0 Å². The van der Waals surface area contributed by atoms with E-state index in [-0.39, 0.29) is 37.2 Å². The number of rotatable bonds is 2. The van der Waals surface area contributed by atoms with Crippen LogP contribution >= 0.6 is 0 Å². The molecule has 96 valence electrons. The average molecular weight is 243 g/mol. The normalized spacial score (nSPS) is 34.1. The van der Waals surface area contributed by atoms with Crippen LogP contribution in [0, 0.1) is 0 Å². The molecule has 0 radical (unpaired) electrons. The van der Waals surface area contributed by atoms with Crippen LogP contribution < -0.4 is 0 Å². The second kappa shape index (κ2) is 4.74. The summed E-state index contributed by atoms with van der Waals surface area (Å²) < 4.78 is 18.9. The van der Waals surface area contributed by atoms with Crippen LogP contribution in [0.1, 0.15) is 26.7 Å². The number of hydrogen-bond acceptors (Lipinski definition) is 3. The van der Waals surface area contributed by atoms with Crippen molar-refractivity contribution in [1.29, 1.82) is 0 Å². The summed E-state index contributed by atoms with van der Waals surface area (Å²) in [6, 6.07) is -0.238. The smallest absolute Gasteiger partial charge is 0.272 e. The van der Waals surface area contributed by atoms with Gasteiger partial charge in [0.15, 0.2) is 0 Å². The molecule has 1 aliphatic carbocycles. The molecule has 17 heavy (non-hydrogen) atoms. The van der Waals surface area contributed by atoms with Crippen molar-refractivity contribution in [2.24, 2.45) is 0 Å². The third-order valence-corrected chi connectivity index (χ3v) is 3.08. The molecule has 0 N–H and O–H groups in total. The van der Waals surface area contributed by atoms with Gasteiger partial charge < -0.3 is 4.74 Å². The Hall–Kier alpha value is -0.940. The second-order valence-corrected chi connectivity index (χ2v) is 4.86. The monoisotopic (exact) mass is 243 g/mol. The minimum absolute atomic E-state index is 0.0346. The average Bonchev–Trinajstić information content (AvgIpc) is 2.25. The number of hydroxylamine groups is 2. The molecular formula is C12H18FNO3. The molecule has 0 aromatic carbocycles. The van der Waals surface area contributed by atoms with E-state index in [1.165, 1.54) is 5.06 Å². The van der Waals surface area contributed by atoms with Crippen LogP contribution in [0.5, 0.6) is 0 Å². The Balaban J connectivity index is 2.13. The van der Waals surface area contributed by atoms with Gasteiger partial charge in [-0.2, -0.15) is 0 Å². The Labute approximate surface area is 100 Å². The first-order valence-electron chi connectivity index (χ1n) is 5.91. The Morgan fingerprint density at radius 2 is 2.29 bits per heavy atom. The fraction of sp³-hybridized carbons (Fsp3) is 0.750. The number of carbonyl (C=O) groups excluding carboxylic acids is 1. The number of nitrogens with zero attached hydrogens (tertiary/aromatic N) is 1. The van der Waals surface area contributed by atoms with Crippen LogP contribution in [-0.2, 0) is 14.4 Å². The molecule has 1 aliphatic heterocycles. The molecule has 2 fully saturated rings. The number of alkyl halides is 1. The summed E-state index contributed by atoms with van der Waals surface area (Å²) in [6.07, 6.45) is -0.745. The molecule has 5 heteroatoms. The van der Waals surface area contributed by atoms with E-state index in [9.17, 15) is 9.18 Å². The van der Waals surface area contributed by atoms with Gasteiger partial charge in [0, 0.05) is 6.42 Å². The molecule has 0 bridgehead atoms. The van der Waals surface area contributed by atoms with Gasteiger partial charge in [-0.3, -0.25) is 9.63 Å². The summed E-state index contributed by atoms with van der Waals surface area (Å²) in [6.45, 7) is 7.38. The van der Waals surface area contributed by atoms with Gasteiger partial charge in [-0.05, 0) is 25.8 Å². The summed E-state index contributed by atoms with van der Waals surface area (Å²) >= 11 is 0. The summed E-state index contributed by atoms with van der Waals surface area (Å²) in [5, 5.41) is 1.36. The molecule has 2 rings (SSSR count). The molecule has 3 atom stereocenters. The van der Waals surface area contributed by atoms with Crippen LogP contribution in [0.2, 0.25) is 0 Å². The molecule has 1 saturated heterocycles. The van der Waals surface area contributed by atoms with Crippen molar-refractivity contribution in [3.63, 3.8) is 0 Å². The summed E-state index contributed by atoms with van der Waals surface area (Å²) in [5.41, 5.74) is 0.516.